The third kappa shape index (κ3) is 4.92. The number of rotatable bonds is 3. The zero-order valence-electron chi connectivity index (χ0n) is 26.1. The van der Waals surface area contributed by atoms with Crippen LogP contribution >= 0.6 is 0 Å². The van der Waals surface area contributed by atoms with Crippen LogP contribution in [0.2, 0.25) is 0 Å². The van der Waals surface area contributed by atoms with E-state index in [4.69, 9.17) is 14.2 Å². The molecule has 2 saturated heterocycles. The van der Waals surface area contributed by atoms with Gasteiger partial charge in [0.1, 0.15) is 33.4 Å². The molecule has 0 N–H and O–H groups in total. The third-order valence-electron chi connectivity index (χ3n) is 8.30. The number of ether oxygens (including phenoxy) is 3. The fourth-order valence-corrected chi connectivity index (χ4v) is 8.75. The van der Waals surface area contributed by atoms with E-state index in [1.54, 1.807) is 59.2 Å². The molecule has 4 bridgehead atoms. The molecule has 2 amide bonds. The number of imidazole rings is 1. The van der Waals surface area contributed by atoms with Gasteiger partial charge in [0.15, 0.2) is 22.8 Å². The molecule has 0 aliphatic carbocycles. The van der Waals surface area contributed by atoms with E-state index in [1.807, 2.05) is 41.5 Å². The minimum absolute atomic E-state index is 0.0169. The minimum atomic E-state index is -1.03. The second-order valence-electron chi connectivity index (χ2n) is 13.8. The van der Waals surface area contributed by atoms with Gasteiger partial charge < -0.3 is 14.2 Å². The zero-order valence-corrected chi connectivity index (χ0v) is 27.5. The summed E-state index contributed by atoms with van der Waals surface area (Å²) in [6.07, 6.45) is 1.30. The van der Waals surface area contributed by atoms with Crippen LogP contribution < -0.4 is 4.90 Å². The summed E-state index contributed by atoms with van der Waals surface area (Å²) in [6.45, 7) is 11.8. The van der Waals surface area contributed by atoms with Gasteiger partial charge in [0, 0.05) is 11.1 Å². The van der Waals surface area contributed by atoms with Gasteiger partial charge in [-0.25, -0.2) is 19.9 Å². The van der Waals surface area contributed by atoms with Crippen LogP contribution in [-0.2, 0) is 14.2 Å². The summed E-state index contributed by atoms with van der Waals surface area (Å²) in [5.74, 6) is -2.48. The van der Waals surface area contributed by atoms with Crippen LogP contribution in [0, 0.1) is 5.92 Å². The fraction of sp³-hybridized carbons (Fsp3) is 0.394. The molecule has 0 radical (unpaired) electrons. The van der Waals surface area contributed by atoms with E-state index in [2.05, 4.69) is 15.0 Å². The number of fused-ring (bicyclic) bond motifs is 3. The highest BCUT2D eigenvalue weighted by molar-refractivity contribution is 6.56. The van der Waals surface area contributed by atoms with Crippen LogP contribution in [-0.4, -0.2) is 74.9 Å². The lowest BCUT2D eigenvalue weighted by atomic mass is 9.87. The topological polar surface area (TPSA) is 126 Å². The lowest BCUT2D eigenvalue weighted by Crippen LogP contribution is -2.44. The van der Waals surface area contributed by atoms with Crippen molar-refractivity contribution in [3.8, 4) is 0 Å². The summed E-state index contributed by atoms with van der Waals surface area (Å²) >= 11 is 0. The Morgan fingerprint density at radius 2 is 1.56 bits per heavy atom. The third-order valence-corrected chi connectivity index (χ3v) is 10.6. The number of hydrogen-bond acceptors (Lipinski definition) is 9. The number of aromatic nitrogens is 4. The van der Waals surface area contributed by atoms with Crippen molar-refractivity contribution in [1.29, 1.82) is 0 Å². The number of ketones is 1. The Hall–Kier alpha value is -4.10. The molecule has 4 aromatic rings. The van der Waals surface area contributed by atoms with Crippen molar-refractivity contribution < 1.29 is 28.6 Å². The lowest BCUT2D eigenvalue weighted by molar-refractivity contribution is -0.136. The molecular weight excluding hydrogens is 590 g/mol. The maximum atomic E-state index is 14.9. The largest absolute Gasteiger partial charge is 0.374 e. The molecule has 7 rings (SSSR count). The summed E-state index contributed by atoms with van der Waals surface area (Å²) in [5, 5.41) is -0.781. The monoisotopic (exact) mass is 625 g/mol. The molecule has 3 aliphatic heterocycles. The minimum Gasteiger partial charge on any atom is -0.374 e. The number of carbonyl (C=O) groups is 3. The first-order chi connectivity index (χ1) is 21.3. The Balaban J connectivity index is 1.47. The Bertz CT molecular complexity index is 1850. The SMILES string of the molecule is CC(C)(C)OC1[SiH2][C@@]12O[C@@H]1[C@H](C(=O)c3ccccc3C(=O)N(C(=O)c3ccccc3)c3ncnc4c3ncn41)[C@@H]2OC(C)(C)C. The highest BCUT2D eigenvalue weighted by Crippen LogP contribution is 2.56. The van der Waals surface area contributed by atoms with E-state index in [0.717, 1.165) is 4.90 Å². The average Bonchev–Trinajstić information content (AvgIpc) is 3.32. The summed E-state index contributed by atoms with van der Waals surface area (Å²) < 4.78 is 21.9. The van der Waals surface area contributed by atoms with Crippen LogP contribution in [0.5, 0.6) is 0 Å². The van der Waals surface area contributed by atoms with E-state index in [0.29, 0.717) is 5.65 Å². The Morgan fingerprint density at radius 1 is 0.889 bits per heavy atom. The van der Waals surface area contributed by atoms with E-state index in [9.17, 15) is 14.4 Å². The van der Waals surface area contributed by atoms with Gasteiger partial charge in [0.2, 0.25) is 0 Å². The van der Waals surface area contributed by atoms with Crippen LogP contribution in [0.4, 0.5) is 5.82 Å². The van der Waals surface area contributed by atoms with Crippen molar-refractivity contribution in [1.82, 2.24) is 19.5 Å². The summed E-state index contributed by atoms with van der Waals surface area (Å²) in [7, 11) is -1.03. The molecule has 3 aliphatic rings. The summed E-state index contributed by atoms with van der Waals surface area (Å²) in [4.78, 5) is 58.0. The molecule has 11 nitrogen and oxygen atoms in total. The first-order valence-electron chi connectivity index (χ1n) is 15.1. The van der Waals surface area contributed by atoms with E-state index in [1.165, 1.54) is 12.7 Å². The van der Waals surface area contributed by atoms with Crippen molar-refractivity contribution in [3.05, 3.63) is 83.9 Å². The van der Waals surface area contributed by atoms with Crippen molar-refractivity contribution in [2.45, 2.75) is 76.0 Å². The van der Waals surface area contributed by atoms with E-state index < -0.39 is 56.0 Å². The molecule has 232 valence electrons. The van der Waals surface area contributed by atoms with E-state index >= 15 is 0 Å². The van der Waals surface area contributed by atoms with Crippen molar-refractivity contribution in [2.24, 2.45) is 5.92 Å². The molecule has 2 aromatic heterocycles. The fourth-order valence-electron chi connectivity index (χ4n) is 6.46. The van der Waals surface area contributed by atoms with Gasteiger partial charge in [-0.1, -0.05) is 36.4 Å². The lowest BCUT2D eigenvalue weighted by Gasteiger charge is -2.32. The second-order valence-corrected chi connectivity index (χ2v) is 16.1. The second kappa shape index (κ2) is 10.2. The first-order valence-corrected chi connectivity index (χ1v) is 16.6. The van der Waals surface area contributed by atoms with Gasteiger partial charge in [-0.15, -0.1) is 0 Å². The maximum absolute atomic E-state index is 14.9. The van der Waals surface area contributed by atoms with Crippen LogP contribution in [0.15, 0.2) is 67.3 Å². The molecule has 2 fully saturated rings. The molecule has 5 atom stereocenters. The van der Waals surface area contributed by atoms with Crippen molar-refractivity contribution in [2.75, 3.05) is 4.90 Å². The number of hydrogen-bond donors (Lipinski definition) is 0. The number of imide groups is 1. The molecular formula is C33H35N5O6Si. The average molecular weight is 626 g/mol. The molecule has 0 saturated carbocycles. The molecule has 1 unspecified atom stereocenters. The quantitative estimate of drug-likeness (QED) is 0.247. The highest BCUT2D eigenvalue weighted by Gasteiger charge is 2.73. The molecule has 1 spiro atoms. The Morgan fingerprint density at radius 3 is 2.24 bits per heavy atom. The Kier molecular flexibility index (Phi) is 6.71. The standard InChI is InChI=1S/C33H35N5O6Si/c1-31(2,3)42-24-21-23(39)19-14-10-11-15-20(19)28(41)38(27(40)18-12-8-7-9-13-18)26-22-25(34-16-35-26)37(17-36-22)29(21)43-33(24)30(45-33)44-32(4,5)6/h7-17,21,24,29-30H,45H2,1-6H3/t21-,24+,29-,30?,33-/m1/s1. The molecule has 2 aromatic carbocycles. The first kappa shape index (κ1) is 29.6. The molecule has 5 heterocycles. The smallest absolute Gasteiger partial charge is 0.267 e. The van der Waals surface area contributed by atoms with Gasteiger partial charge in [0.25, 0.3) is 11.8 Å². The summed E-state index contributed by atoms with van der Waals surface area (Å²) in [6, 6.07) is 15.0. The molecule has 45 heavy (non-hydrogen) atoms. The van der Waals surface area contributed by atoms with Crippen molar-refractivity contribution in [3.63, 3.8) is 0 Å². The van der Waals surface area contributed by atoms with Crippen molar-refractivity contribution >= 4 is 44.1 Å². The maximum Gasteiger partial charge on any atom is 0.267 e. The van der Waals surface area contributed by atoms with Gasteiger partial charge in [0.05, 0.1) is 34.7 Å². The number of Topliss-reactive ketones (excluding diaryl/α,β-unsaturated/α-hetero) is 1. The van der Waals surface area contributed by atoms with Crippen LogP contribution in [0.3, 0.4) is 0 Å². The predicted octanol–water partition coefficient (Wildman–Crippen LogP) is 3.86. The zero-order chi connectivity index (χ0) is 31.9. The van der Waals surface area contributed by atoms with Crippen LogP contribution in [0.1, 0.15) is 78.8 Å². The van der Waals surface area contributed by atoms with E-state index in [-0.39, 0.29) is 39.5 Å². The van der Waals surface area contributed by atoms with Gasteiger partial charge >= 0.3 is 0 Å². The van der Waals surface area contributed by atoms with Gasteiger partial charge in [-0.3, -0.25) is 19.0 Å². The predicted molar refractivity (Wildman–Crippen MR) is 168 cm³/mol. The number of anilines is 1. The molecule has 12 heteroatoms. The normalized spacial score (nSPS) is 26.8. The van der Waals surface area contributed by atoms with Crippen LogP contribution in [0.25, 0.3) is 11.2 Å². The van der Waals surface area contributed by atoms with Gasteiger partial charge in [-0.05, 0) is 59.7 Å². The number of carbonyl (C=O) groups excluding carboxylic acids is 3. The number of benzene rings is 2. The summed E-state index contributed by atoms with van der Waals surface area (Å²) in [5.41, 5.74) is -0.151. The van der Waals surface area contributed by atoms with Gasteiger partial charge in [-0.2, -0.15) is 0 Å². The highest BCUT2D eigenvalue weighted by atomic mass is 28.2. The number of nitrogens with zero attached hydrogens (tertiary/aromatic N) is 5. The number of amides is 2. The Labute approximate surface area is 262 Å².